The zero-order valence-electron chi connectivity index (χ0n) is 19.9. The van der Waals surface area contributed by atoms with E-state index in [0.29, 0.717) is 0 Å². The summed E-state index contributed by atoms with van der Waals surface area (Å²) in [5.74, 6) is 0.954. The lowest BCUT2D eigenvalue weighted by Crippen LogP contribution is -2.39. The highest BCUT2D eigenvalue weighted by atomic mass is 15.2. The van der Waals surface area contributed by atoms with Gasteiger partial charge in [0.2, 0.25) is 0 Å². The minimum Gasteiger partial charge on any atom is -0.318 e. The van der Waals surface area contributed by atoms with Gasteiger partial charge < -0.3 is 4.90 Å². The van der Waals surface area contributed by atoms with Crippen molar-refractivity contribution in [3.8, 4) is 0 Å². The molecule has 2 heterocycles. The quantitative estimate of drug-likeness (QED) is 0.290. The summed E-state index contributed by atoms with van der Waals surface area (Å²) in [6, 6.07) is 35.7. The highest BCUT2D eigenvalue weighted by Crippen LogP contribution is 2.41. The molecule has 0 radical (unpaired) electrons. The van der Waals surface area contributed by atoms with Crippen LogP contribution in [0.3, 0.4) is 0 Å². The van der Waals surface area contributed by atoms with E-state index < -0.39 is 0 Å². The predicted molar refractivity (Wildman–Crippen MR) is 143 cm³/mol. The van der Waals surface area contributed by atoms with E-state index in [-0.39, 0.29) is 6.04 Å². The van der Waals surface area contributed by atoms with Crippen LogP contribution in [-0.2, 0) is 6.42 Å². The van der Waals surface area contributed by atoms with Crippen LogP contribution < -0.4 is 4.90 Å². The molecule has 0 spiro atoms. The first-order valence-electron chi connectivity index (χ1n) is 12.0. The Morgan fingerprint density at radius 2 is 1.43 bits per heavy atom. The number of benzene rings is 4. The van der Waals surface area contributed by atoms with Crippen LogP contribution in [0.2, 0.25) is 0 Å². The van der Waals surface area contributed by atoms with Gasteiger partial charge in [-0.3, -0.25) is 0 Å². The third kappa shape index (κ3) is 3.97. The van der Waals surface area contributed by atoms with Gasteiger partial charge in [-0.15, -0.1) is 0 Å². The van der Waals surface area contributed by atoms with Crippen molar-refractivity contribution < 1.29 is 0 Å². The van der Waals surface area contributed by atoms with E-state index in [4.69, 9.17) is 15.0 Å². The summed E-state index contributed by atoms with van der Waals surface area (Å²) < 4.78 is 0. The van der Waals surface area contributed by atoms with Crippen LogP contribution in [0.4, 0.5) is 11.4 Å². The minimum absolute atomic E-state index is 0.0239. The van der Waals surface area contributed by atoms with Crippen molar-refractivity contribution in [2.45, 2.75) is 26.3 Å². The molecular weight excluding hydrogens is 428 g/mol. The molecule has 0 amide bonds. The molecule has 1 atom stereocenters. The van der Waals surface area contributed by atoms with E-state index in [1.54, 1.807) is 0 Å². The lowest BCUT2D eigenvalue weighted by molar-refractivity contribution is 0.681. The summed E-state index contributed by atoms with van der Waals surface area (Å²) >= 11 is 0. The lowest BCUT2D eigenvalue weighted by atomic mass is 9.93. The summed E-state index contributed by atoms with van der Waals surface area (Å²) in [5, 5.41) is 0. The number of aryl methyl sites for hydroxylation is 2. The molecule has 4 aromatic carbocycles. The normalized spacial score (nSPS) is 15.1. The number of nitrogens with zero attached hydrogens (tertiary/aromatic N) is 4. The maximum Gasteiger partial charge on any atom is 0.141 e. The van der Waals surface area contributed by atoms with Gasteiger partial charge in [0.1, 0.15) is 5.84 Å². The van der Waals surface area contributed by atoms with E-state index in [0.717, 1.165) is 51.6 Å². The Labute approximate surface area is 205 Å². The van der Waals surface area contributed by atoms with Crippen molar-refractivity contribution in [1.82, 2.24) is 9.97 Å². The number of hydrogen-bond acceptors (Lipinski definition) is 4. The number of rotatable bonds is 4. The third-order valence-corrected chi connectivity index (χ3v) is 6.60. The first kappa shape index (κ1) is 21.2. The van der Waals surface area contributed by atoms with Gasteiger partial charge >= 0.3 is 0 Å². The van der Waals surface area contributed by atoms with Crippen molar-refractivity contribution in [2.24, 2.45) is 4.99 Å². The molecule has 0 fully saturated rings. The van der Waals surface area contributed by atoms with Gasteiger partial charge in [0.05, 0.1) is 34.2 Å². The summed E-state index contributed by atoms with van der Waals surface area (Å²) in [5.41, 5.74) is 9.47. The van der Waals surface area contributed by atoms with Crippen LogP contribution in [-0.4, -0.2) is 15.8 Å². The summed E-state index contributed by atoms with van der Waals surface area (Å²) in [6.07, 6.45) is 0.723. The maximum absolute atomic E-state index is 5.19. The number of aromatic nitrogens is 2. The molecule has 1 aliphatic rings. The largest absolute Gasteiger partial charge is 0.318 e. The molecule has 1 aromatic heterocycles. The SMILES string of the molecule is Cc1cccc(C2=Nc3ccccc3C(Cc3nc4ccccc4nc3C)N2c2ccccc2)c1. The number of para-hydroxylation sites is 4. The Balaban J connectivity index is 1.55. The van der Waals surface area contributed by atoms with Crippen molar-refractivity contribution >= 4 is 28.2 Å². The standard InChI is InChI=1S/C31H26N4/c1-21-11-10-12-23(19-21)31-34-26-16-7-6-15-25(26)30(35(31)24-13-4-3-5-14-24)20-29-22(2)32-27-17-8-9-18-28(27)33-29/h3-19,30H,20H2,1-2H3. The molecule has 0 N–H and O–H groups in total. The lowest BCUT2D eigenvalue weighted by Gasteiger charge is -2.38. The average molecular weight is 455 g/mol. The first-order chi connectivity index (χ1) is 17.2. The summed E-state index contributed by atoms with van der Waals surface area (Å²) in [4.78, 5) is 17.5. The van der Waals surface area contributed by atoms with E-state index >= 15 is 0 Å². The van der Waals surface area contributed by atoms with E-state index in [2.05, 4.69) is 97.6 Å². The highest BCUT2D eigenvalue weighted by Gasteiger charge is 2.33. The van der Waals surface area contributed by atoms with Crippen LogP contribution in [0.15, 0.2) is 108 Å². The van der Waals surface area contributed by atoms with Crippen molar-refractivity contribution in [2.75, 3.05) is 4.90 Å². The van der Waals surface area contributed by atoms with Crippen LogP contribution in [0, 0.1) is 13.8 Å². The van der Waals surface area contributed by atoms with Gasteiger partial charge in [0.15, 0.2) is 0 Å². The topological polar surface area (TPSA) is 41.4 Å². The second-order valence-electron chi connectivity index (χ2n) is 9.03. The smallest absolute Gasteiger partial charge is 0.141 e. The Kier molecular flexibility index (Phi) is 5.34. The summed E-state index contributed by atoms with van der Waals surface area (Å²) in [6.45, 7) is 4.19. The highest BCUT2D eigenvalue weighted by molar-refractivity contribution is 6.12. The molecule has 0 aliphatic carbocycles. The van der Waals surface area contributed by atoms with Gasteiger partial charge in [-0.25, -0.2) is 15.0 Å². The molecule has 35 heavy (non-hydrogen) atoms. The van der Waals surface area contributed by atoms with Gasteiger partial charge in [0.25, 0.3) is 0 Å². The first-order valence-corrected chi connectivity index (χ1v) is 12.0. The Morgan fingerprint density at radius 1 is 0.714 bits per heavy atom. The fraction of sp³-hybridized carbons (Fsp3) is 0.129. The maximum atomic E-state index is 5.19. The molecule has 0 saturated heterocycles. The summed E-state index contributed by atoms with van der Waals surface area (Å²) in [7, 11) is 0. The number of aliphatic imine (C=N–C) groups is 1. The predicted octanol–water partition coefficient (Wildman–Crippen LogP) is 7.13. The zero-order valence-corrected chi connectivity index (χ0v) is 19.9. The monoisotopic (exact) mass is 454 g/mol. The Bertz CT molecular complexity index is 1560. The number of anilines is 1. The number of amidine groups is 1. The molecule has 6 rings (SSSR count). The molecule has 1 aliphatic heterocycles. The van der Waals surface area contributed by atoms with Gasteiger partial charge in [-0.2, -0.15) is 0 Å². The number of fused-ring (bicyclic) bond motifs is 2. The van der Waals surface area contributed by atoms with E-state index in [9.17, 15) is 0 Å². The molecule has 4 nitrogen and oxygen atoms in total. The number of hydrogen-bond donors (Lipinski definition) is 0. The zero-order chi connectivity index (χ0) is 23.8. The molecule has 0 bridgehead atoms. The molecule has 170 valence electrons. The second-order valence-corrected chi connectivity index (χ2v) is 9.03. The molecule has 1 unspecified atom stereocenters. The van der Waals surface area contributed by atoms with Crippen molar-refractivity contribution in [3.05, 3.63) is 131 Å². The van der Waals surface area contributed by atoms with Crippen LogP contribution >= 0.6 is 0 Å². The molecule has 5 aromatic rings. The fourth-order valence-corrected chi connectivity index (χ4v) is 4.91. The van der Waals surface area contributed by atoms with Crippen LogP contribution in [0.1, 0.15) is 34.1 Å². The van der Waals surface area contributed by atoms with E-state index in [1.807, 2.05) is 24.3 Å². The van der Waals surface area contributed by atoms with Gasteiger partial charge in [0, 0.05) is 23.2 Å². The second kappa shape index (κ2) is 8.80. The Hall–Kier alpha value is -4.31. The van der Waals surface area contributed by atoms with Crippen LogP contribution in [0.25, 0.3) is 11.0 Å². The molecule has 4 heteroatoms. The average Bonchev–Trinajstić information content (AvgIpc) is 2.89. The fourth-order valence-electron chi connectivity index (χ4n) is 4.91. The van der Waals surface area contributed by atoms with Gasteiger partial charge in [-0.1, -0.05) is 72.3 Å². The van der Waals surface area contributed by atoms with E-state index in [1.165, 1.54) is 11.1 Å². The van der Waals surface area contributed by atoms with Crippen molar-refractivity contribution in [1.29, 1.82) is 0 Å². The van der Waals surface area contributed by atoms with Gasteiger partial charge in [-0.05, 0) is 50.2 Å². The molecular formula is C31H26N4. The third-order valence-electron chi connectivity index (χ3n) is 6.60. The molecule has 0 saturated carbocycles. The minimum atomic E-state index is 0.0239. The van der Waals surface area contributed by atoms with Crippen LogP contribution in [0.5, 0.6) is 0 Å². The Morgan fingerprint density at radius 3 is 2.23 bits per heavy atom. The van der Waals surface area contributed by atoms with Crippen molar-refractivity contribution in [3.63, 3.8) is 0 Å².